The summed E-state index contributed by atoms with van der Waals surface area (Å²) in [5.74, 6) is -2.26. The second-order valence-electron chi connectivity index (χ2n) is 8.54. The zero-order chi connectivity index (χ0) is 24.4. The van der Waals surface area contributed by atoms with Crippen LogP contribution in [0.1, 0.15) is 17.7 Å². The largest absolute Gasteiger partial charge is 0.349 e. The van der Waals surface area contributed by atoms with Crippen molar-refractivity contribution in [1.82, 2.24) is 19.6 Å². The van der Waals surface area contributed by atoms with Gasteiger partial charge in [0.25, 0.3) is 0 Å². The molecule has 1 saturated heterocycles. The lowest BCUT2D eigenvalue weighted by molar-refractivity contribution is -0.125. The van der Waals surface area contributed by atoms with E-state index in [4.69, 9.17) is 0 Å². The van der Waals surface area contributed by atoms with Gasteiger partial charge in [-0.05, 0) is 60.5 Å². The van der Waals surface area contributed by atoms with E-state index < -0.39 is 17.7 Å². The zero-order valence-electron chi connectivity index (χ0n) is 18.7. The van der Waals surface area contributed by atoms with Crippen molar-refractivity contribution in [3.8, 4) is 0 Å². The molecule has 5 nitrogen and oxygen atoms in total. The van der Waals surface area contributed by atoms with Crippen LogP contribution in [-0.2, 0) is 17.9 Å². The van der Waals surface area contributed by atoms with Crippen molar-refractivity contribution in [2.45, 2.75) is 35.7 Å². The van der Waals surface area contributed by atoms with Gasteiger partial charge in [0.1, 0.15) is 11.5 Å². The lowest BCUT2D eigenvalue weighted by Crippen LogP contribution is -2.42. The van der Waals surface area contributed by atoms with Crippen molar-refractivity contribution in [3.05, 3.63) is 102 Å². The third-order valence-electron chi connectivity index (χ3n) is 6.01. The van der Waals surface area contributed by atoms with Crippen LogP contribution in [0.15, 0.2) is 78.0 Å². The number of aromatic nitrogens is 2. The van der Waals surface area contributed by atoms with Gasteiger partial charge in [0.15, 0.2) is 11.6 Å². The molecule has 2 aromatic carbocycles. The van der Waals surface area contributed by atoms with Crippen LogP contribution in [0, 0.1) is 17.5 Å². The van der Waals surface area contributed by atoms with Gasteiger partial charge in [-0.2, -0.15) is 0 Å². The van der Waals surface area contributed by atoms with Gasteiger partial charge >= 0.3 is 0 Å². The minimum atomic E-state index is -0.910. The standard InChI is InChI=1S/C26H23F3N4OS/c27-18-5-7-20(8-6-18)35-21-12-24(33(16-21)14-17-4-9-22(28)23(29)11-17)26(34)30-13-19-15-32-10-2-1-3-25(32)31-19/h1-11,15,21,24H,12-14,16H2,(H,30,34)/t21-,24+/m1/s1. The Morgan fingerprint density at radius 2 is 1.89 bits per heavy atom. The first-order chi connectivity index (χ1) is 16.9. The minimum Gasteiger partial charge on any atom is -0.349 e. The normalized spacial score (nSPS) is 18.3. The summed E-state index contributed by atoms with van der Waals surface area (Å²) in [5, 5.41) is 3.06. The first-order valence-corrected chi connectivity index (χ1v) is 12.1. The van der Waals surface area contributed by atoms with E-state index in [1.165, 1.54) is 24.3 Å². The number of likely N-dealkylation sites (tertiary alicyclic amines) is 1. The van der Waals surface area contributed by atoms with Crippen molar-refractivity contribution in [3.63, 3.8) is 0 Å². The molecular formula is C26H23F3N4OS. The molecule has 1 aliphatic rings. The van der Waals surface area contributed by atoms with Crippen molar-refractivity contribution in [2.75, 3.05) is 6.54 Å². The second-order valence-corrected chi connectivity index (χ2v) is 9.91. The Bertz CT molecular complexity index is 1310. The Hall–Kier alpha value is -3.30. The maximum Gasteiger partial charge on any atom is 0.237 e. The summed E-state index contributed by atoms with van der Waals surface area (Å²) in [7, 11) is 0. The Morgan fingerprint density at radius 3 is 2.66 bits per heavy atom. The average Bonchev–Trinajstić information content (AvgIpc) is 3.45. The fraction of sp³-hybridized carbons (Fsp3) is 0.231. The second kappa shape index (κ2) is 10.1. The molecule has 0 bridgehead atoms. The van der Waals surface area contributed by atoms with Crippen LogP contribution in [0.5, 0.6) is 0 Å². The first kappa shape index (κ1) is 23.4. The number of benzene rings is 2. The molecule has 35 heavy (non-hydrogen) atoms. The van der Waals surface area contributed by atoms with Gasteiger partial charge in [-0.25, -0.2) is 18.2 Å². The number of carbonyl (C=O) groups excluding carboxylic acids is 1. The molecule has 3 heterocycles. The molecule has 1 aliphatic heterocycles. The molecule has 1 N–H and O–H groups in total. The average molecular weight is 497 g/mol. The Balaban J connectivity index is 1.30. The Morgan fingerprint density at radius 1 is 1.06 bits per heavy atom. The third kappa shape index (κ3) is 5.52. The number of imidazole rings is 1. The number of fused-ring (bicyclic) bond motifs is 1. The van der Waals surface area contributed by atoms with E-state index >= 15 is 0 Å². The van der Waals surface area contributed by atoms with Gasteiger partial charge in [0, 0.05) is 35.6 Å². The predicted octanol–water partition coefficient (Wildman–Crippen LogP) is 4.80. The van der Waals surface area contributed by atoms with E-state index in [2.05, 4.69) is 10.3 Å². The highest BCUT2D eigenvalue weighted by Gasteiger charge is 2.37. The molecule has 4 aromatic rings. The lowest BCUT2D eigenvalue weighted by Gasteiger charge is -2.23. The fourth-order valence-corrected chi connectivity index (χ4v) is 5.56. The number of hydrogen-bond donors (Lipinski definition) is 1. The van der Waals surface area contributed by atoms with E-state index in [-0.39, 0.29) is 23.5 Å². The van der Waals surface area contributed by atoms with Gasteiger partial charge in [-0.15, -0.1) is 11.8 Å². The SMILES string of the molecule is O=C(NCc1cn2ccccc2n1)[C@@H]1C[C@@H](Sc2ccc(F)cc2)CN1Cc1ccc(F)c(F)c1. The number of halogens is 3. The van der Waals surface area contributed by atoms with Crippen LogP contribution in [0.2, 0.25) is 0 Å². The smallest absolute Gasteiger partial charge is 0.237 e. The van der Waals surface area contributed by atoms with Gasteiger partial charge in [0.05, 0.1) is 18.3 Å². The number of amides is 1. The van der Waals surface area contributed by atoms with Crippen LogP contribution in [0.3, 0.4) is 0 Å². The highest BCUT2D eigenvalue weighted by atomic mass is 32.2. The zero-order valence-corrected chi connectivity index (χ0v) is 19.5. The molecule has 9 heteroatoms. The maximum atomic E-state index is 13.8. The van der Waals surface area contributed by atoms with Crippen LogP contribution >= 0.6 is 11.8 Å². The summed E-state index contributed by atoms with van der Waals surface area (Å²) < 4.78 is 42.4. The summed E-state index contributed by atoms with van der Waals surface area (Å²) in [6.45, 7) is 1.17. The molecular weight excluding hydrogens is 473 g/mol. The topological polar surface area (TPSA) is 49.6 Å². The van der Waals surface area contributed by atoms with E-state index in [9.17, 15) is 18.0 Å². The number of thioether (sulfide) groups is 1. The van der Waals surface area contributed by atoms with Crippen molar-refractivity contribution >= 4 is 23.3 Å². The molecule has 2 atom stereocenters. The summed E-state index contributed by atoms with van der Waals surface area (Å²) >= 11 is 1.58. The summed E-state index contributed by atoms with van der Waals surface area (Å²) in [6.07, 6.45) is 4.34. The number of carbonyl (C=O) groups is 1. The van der Waals surface area contributed by atoms with E-state index in [0.717, 1.165) is 22.3 Å². The summed E-state index contributed by atoms with van der Waals surface area (Å²) in [4.78, 5) is 20.6. The third-order valence-corrected chi connectivity index (χ3v) is 7.23. The molecule has 0 radical (unpaired) electrons. The lowest BCUT2D eigenvalue weighted by atomic mass is 10.1. The minimum absolute atomic E-state index is 0.0803. The number of rotatable bonds is 7. The molecule has 0 saturated carbocycles. The van der Waals surface area contributed by atoms with Gasteiger partial charge in [-0.1, -0.05) is 12.1 Å². The predicted molar refractivity (Wildman–Crippen MR) is 128 cm³/mol. The molecule has 180 valence electrons. The Kier molecular flexibility index (Phi) is 6.79. The molecule has 2 aromatic heterocycles. The van der Waals surface area contributed by atoms with Crippen LogP contribution < -0.4 is 5.32 Å². The monoisotopic (exact) mass is 496 g/mol. The van der Waals surface area contributed by atoms with E-state index in [1.54, 1.807) is 23.9 Å². The van der Waals surface area contributed by atoms with Gasteiger partial charge in [-0.3, -0.25) is 9.69 Å². The van der Waals surface area contributed by atoms with Crippen molar-refractivity contribution in [2.24, 2.45) is 0 Å². The molecule has 0 unspecified atom stereocenters. The number of nitrogens with zero attached hydrogens (tertiary/aromatic N) is 3. The van der Waals surface area contributed by atoms with Crippen LogP contribution in [0.4, 0.5) is 13.2 Å². The molecule has 0 aliphatic carbocycles. The highest BCUT2D eigenvalue weighted by Crippen LogP contribution is 2.34. The first-order valence-electron chi connectivity index (χ1n) is 11.2. The number of pyridine rings is 1. The Labute approximate surface area is 205 Å². The van der Waals surface area contributed by atoms with E-state index in [0.29, 0.717) is 25.1 Å². The molecule has 1 amide bonds. The van der Waals surface area contributed by atoms with Gasteiger partial charge < -0.3 is 9.72 Å². The molecule has 0 spiro atoms. The number of nitrogens with one attached hydrogen (secondary N) is 1. The van der Waals surface area contributed by atoms with Gasteiger partial charge in [0.2, 0.25) is 5.91 Å². The maximum absolute atomic E-state index is 13.8. The summed E-state index contributed by atoms with van der Waals surface area (Å²) in [5.41, 5.74) is 2.13. The quantitative estimate of drug-likeness (QED) is 0.399. The summed E-state index contributed by atoms with van der Waals surface area (Å²) in [6, 6.07) is 15.3. The van der Waals surface area contributed by atoms with Crippen molar-refractivity contribution in [1.29, 1.82) is 0 Å². The van der Waals surface area contributed by atoms with Crippen LogP contribution in [-0.4, -0.2) is 38.0 Å². The number of hydrogen-bond acceptors (Lipinski definition) is 4. The molecule has 1 fully saturated rings. The van der Waals surface area contributed by atoms with Crippen molar-refractivity contribution < 1.29 is 18.0 Å². The van der Waals surface area contributed by atoms with E-state index in [1.807, 2.05) is 39.9 Å². The highest BCUT2D eigenvalue weighted by molar-refractivity contribution is 8.00. The fourth-order valence-electron chi connectivity index (χ4n) is 4.34. The molecule has 5 rings (SSSR count). The van der Waals surface area contributed by atoms with Crippen LogP contribution in [0.25, 0.3) is 5.65 Å².